The lowest BCUT2D eigenvalue weighted by atomic mass is 10.2. The number of carbonyl (C=O) groups is 1. The van der Waals surface area contributed by atoms with E-state index in [1.165, 1.54) is 0 Å². The van der Waals surface area contributed by atoms with Gasteiger partial charge in [0, 0.05) is 12.3 Å². The van der Waals surface area contributed by atoms with Crippen LogP contribution in [0.25, 0.3) is 0 Å². The van der Waals surface area contributed by atoms with Gasteiger partial charge in [-0.1, -0.05) is 13.8 Å². The lowest BCUT2D eigenvalue weighted by Gasteiger charge is -2.15. The first kappa shape index (κ1) is 14.0. The highest BCUT2D eigenvalue weighted by Gasteiger charge is 2.29. The zero-order chi connectivity index (χ0) is 13.0. The second-order valence-electron chi connectivity index (χ2n) is 5.14. The maximum absolute atomic E-state index is 11.7. The van der Waals surface area contributed by atoms with Gasteiger partial charge in [0.05, 0.1) is 17.8 Å². The molecule has 0 aromatic heterocycles. The lowest BCUT2D eigenvalue weighted by Crippen LogP contribution is -2.22. The fourth-order valence-electron chi connectivity index (χ4n) is 1.76. The number of hydrogen-bond donors (Lipinski definition) is 1. The second-order valence-corrected chi connectivity index (χ2v) is 5.14. The molecule has 4 nitrogen and oxygen atoms in total. The molecule has 17 heavy (non-hydrogen) atoms. The standard InChI is InChI=1S/C13H23NO3/c1-8(2)7-16-11-6-5-10(12(11)14)13(15)17-9(3)4/h8-9,11H,5-7,14H2,1-4H3. The summed E-state index contributed by atoms with van der Waals surface area (Å²) in [5, 5.41) is 0. The molecule has 1 aliphatic carbocycles. The Bertz CT molecular complexity index is 308. The minimum atomic E-state index is -0.298. The molecule has 0 aliphatic heterocycles. The van der Waals surface area contributed by atoms with Gasteiger partial charge in [-0.2, -0.15) is 0 Å². The van der Waals surface area contributed by atoms with Gasteiger partial charge in [0.25, 0.3) is 0 Å². The Hall–Kier alpha value is -1.03. The van der Waals surface area contributed by atoms with E-state index in [4.69, 9.17) is 15.2 Å². The topological polar surface area (TPSA) is 61.5 Å². The molecule has 1 rings (SSSR count). The summed E-state index contributed by atoms with van der Waals surface area (Å²) < 4.78 is 10.8. The van der Waals surface area contributed by atoms with Crippen LogP contribution in [0.4, 0.5) is 0 Å². The van der Waals surface area contributed by atoms with E-state index in [2.05, 4.69) is 13.8 Å². The Kier molecular flexibility index (Phi) is 5.00. The monoisotopic (exact) mass is 241 g/mol. The van der Waals surface area contributed by atoms with E-state index in [9.17, 15) is 4.79 Å². The van der Waals surface area contributed by atoms with Crippen molar-refractivity contribution >= 4 is 5.97 Å². The number of ether oxygens (including phenoxy) is 2. The van der Waals surface area contributed by atoms with Crippen molar-refractivity contribution < 1.29 is 14.3 Å². The third kappa shape index (κ3) is 4.04. The molecule has 0 amide bonds. The third-order valence-corrected chi connectivity index (χ3v) is 2.57. The van der Waals surface area contributed by atoms with Crippen molar-refractivity contribution in [1.29, 1.82) is 0 Å². The molecule has 1 unspecified atom stereocenters. The molecule has 1 aliphatic rings. The molecule has 2 N–H and O–H groups in total. The molecule has 0 aromatic rings. The van der Waals surface area contributed by atoms with Crippen LogP contribution in [0.3, 0.4) is 0 Å². The van der Waals surface area contributed by atoms with E-state index in [0.717, 1.165) is 6.42 Å². The van der Waals surface area contributed by atoms with Crippen LogP contribution >= 0.6 is 0 Å². The van der Waals surface area contributed by atoms with Crippen LogP contribution in [0.5, 0.6) is 0 Å². The molecule has 98 valence electrons. The fourth-order valence-corrected chi connectivity index (χ4v) is 1.76. The van der Waals surface area contributed by atoms with E-state index in [1.807, 2.05) is 13.8 Å². The Morgan fingerprint density at radius 1 is 1.41 bits per heavy atom. The molecule has 0 heterocycles. The first-order valence-electron chi connectivity index (χ1n) is 6.23. The average molecular weight is 241 g/mol. The van der Waals surface area contributed by atoms with Crippen molar-refractivity contribution in [3.8, 4) is 0 Å². The Morgan fingerprint density at radius 2 is 2.06 bits per heavy atom. The van der Waals surface area contributed by atoms with Crippen LogP contribution < -0.4 is 5.73 Å². The minimum Gasteiger partial charge on any atom is -0.460 e. The van der Waals surface area contributed by atoms with Crippen molar-refractivity contribution in [2.24, 2.45) is 11.7 Å². The smallest absolute Gasteiger partial charge is 0.336 e. The van der Waals surface area contributed by atoms with Crippen LogP contribution in [0.1, 0.15) is 40.5 Å². The zero-order valence-electron chi connectivity index (χ0n) is 11.2. The highest BCUT2D eigenvalue weighted by Crippen LogP contribution is 2.27. The normalized spacial score (nSPS) is 20.5. The molecule has 0 spiro atoms. The van der Waals surface area contributed by atoms with Crippen molar-refractivity contribution in [3.63, 3.8) is 0 Å². The molecular formula is C13H23NO3. The summed E-state index contributed by atoms with van der Waals surface area (Å²) in [6, 6.07) is 0. The fraction of sp³-hybridized carbons (Fsp3) is 0.769. The molecule has 1 atom stereocenters. The summed E-state index contributed by atoms with van der Waals surface area (Å²) in [5.41, 5.74) is 7.08. The molecule has 0 radical (unpaired) electrons. The highest BCUT2D eigenvalue weighted by molar-refractivity contribution is 5.90. The lowest BCUT2D eigenvalue weighted by molar-refractivity contribution is -0.142. The maximum Gasteiger partial charge on any atom is 0.336 e. The second kappa shape index (κ2) is 6.05. The quantitative estimate of drug-likeness (QED) is 0.748. The summed E-state index contributed by atoms with van der Waals surface area (Å²) in [6.45, 7) is 8.50. The maximum atomic E-state index is 11.7. The van der Waals surface area contributed by atoms with Crippen LogP contribution in [-0.2, 0) is 14.3 Å². The molecule has 4 heteroatoms. The summed E-state index contributed by atoms with van der Waals surface area (Å²) in [7, 11) is 0. The van der Waals surface area contributed by atoms with Crippen molar-refractivity contribution in [2.75, 3.05) is 6.61 Å². The van der Waals surface area contributed by atoms with Gasteiger partial charge in [0.1, 0.15) is 0 Å². The predicted octanol–water partition coefficient (Wildman–Crippen LogP) is 1.99. The van der Waals surface area contributed by atoms with Crippen LogP contribution in [0.2, 0.25) is 0 Å². The van der Waals surface area contributed by atoms with Crippen molar-refractivity contribution in [3.05, 3.63) is 11.3 Å². The molecule has 0 saturated carbocycles. The van der Waals surface area contributed by atoms with E-state index in [1.54, 1.807) is 0 Å². The van der Waals surface area contributed by atoms with Crippen LogP contribution in [-0.4, -0.2) is 24.8 Å². The van der Waals surface area contributed by atoms with E-state index in [-0.39, 0.29) is 18.2 Å². The highest BCUT2D eigenvalue weighted by atomic mass is 16.5. The predicted molar refractivity (Wildman–Crippen MR) is 66.3 cm³/mol. The van der Waals surface area contributed by atoms with Crippen LogP contribution in [0, 0.1) is 5.92 Å². The zero-order valence-corrected chi connectivity index (χ0v) is 11.2. The first-order chi connectivity index (χ1) is 7.91. The van der Waals surface area contributed by atoms with Crippen molar-refractivity contribution in [1.82, 2.24) is 0 Å². The number of carbonyl (C=O) groups excluding carboxylic acids is 1. The molecule has 0 fully saturated rings. The van der Waals surface area contributed by atoms with Gasteiger partial charge in [-0.25, -0.2) is 4.79 Å². The van der Waals surface area contributed by atoms with Crippen LogP contribution in [0.15, 0.2) is 11.3 Å². The largest absolute Gasteiger partial charge is 0.460 e. The summed E-state index contributed by atoms with van der Waals surface area (Å²) in [6.07, 6.45) is 1.20. The number of esters is 1. The molecular weight excluding hydrogens is 218 g/mol. The van der Waals surface area contributed by atoms with Gasteiger partial charge >= 0.3 is 5.97 Å². The molecule has 0 aromatic carbocycles. The van der Waals surface area contributed by atoms with Gasteiger partial charge in [0.15, 0.2) is 0 Å². The Balaban J connectivity index is 2.58. The van der Waals surface area contributed by atoms with Gasteiger partial charge in [-0.15, -0.1) is 0 Å². The van der Waals surface area contributed by atoms with E-state index < -0.39 is 0 Å². The van der Waals surface area contributed by atoms with E-state index in [0.29, 0.717) is 30.2 Å². The number of rotatable bonds is 5. The Labute approximate surface area is 103 Å². The van der Waals surface area contributed by atoms with Gasteiger partial charge < -0.3 is 15.2 Å². The number of hydrogen-bond acceptors (Lipinski definition) is 4. The Morgan fingerprint density at radius 3 is 2.59 bits per heavy atom. The summed E-state index contributed by atoms with van der Waals surface area (Å²) >= 11 is 0. The number of nitrogens with two attached hydrogens (primary N) is 1. The first-order valence-corrected chi connectivity index (χ1v) is 6.23. The van der Waals surface area contributed by atoms with Crippen molar-refractivity contribution in [2.45, 2.75) is 52.7 Å². The van der Waals surface area contributed by atoms with E-state index >= 15 is 0 Å². The molecule has 0 bridgehead atoms. The summed E-state index contributed by atoms with van der Waals surface area (Å²) in [5.74, 6) is 0.169. The average Bonchev–Trinajstić information content (AvgIpc) is 2.55. The van der Waals surface area contributed by atoms with Gasteiger partial charge in [0.2, 0.25) is 0 Å². The van der Waals surface area contributed by atoms with Gasteiger partial charge in [-0.05, 0) is 32.6 Å². The SMILES string of the molecule is CC(C)COC1CCC(C(=O)OC(C)C)=C1N. The van der Waals surface area contributed by atoms with Gasteiger partial charge in [-0.3, -0.25) is 0 Å². The molecule has 0 saturated heterocycles. The minimum absolute atomic E-state index is 0.113. The summed E-state index contributed by atoms with van der Waals surface area (Å²) in [4.78, 5) is 11.7. The third-order valence-electron chi connectivity index (χ3n) is 2.57.